The number of amides is 2. The summed E-state index contributed by atoms with van der Waals surface area (Å²) in [6.45, 7) is 10.5. The third-order valence-corrected chi connectivity index (χ3v) is 17.1. The largest absolute Gasteiger partial charge is 0.507 e. The molecule has 1 unspecified atom stereocenters. The van der Waals surface area contributed by atoms with Crippen molar-refractivity contribution in [2.24, 2.45) is 5.92 Å². The first-order valence-electron chi connectivity index (χ1n) is 27.2. The summed E-state index contributed by atoms with van der Waals surface area (Å²) in [7, 11) is 1.59. The van der Waals surface area contributed by atoms with Crippen LogP contribution in [-0.4, -0.2) is 153 Å². The molecule has 1 aliphatic carbocycles. The monoisotopic (exact) mass is 1080 g/mol. The number of aryl methyl sites for hydroxylation is 1. The highest BCUT2D eigenvalue weighted by Crippen LogP contribution is 2.41. The van der Waals surface area contributed by atoms with Gasteiger partial charge < -0.3 is 59.4 Å². The maximum atomic E-state index is 14.2. The van der Waals surface area contributed by atoms with Crippen molar-refractivity contribution in [1.82, 2.24) is 40.4 Å². The highest BCUT2D eigenvalue weighted by atomic mass is 32.1. The molecule has 4 aliphatic heterocycles. The standard InChI is InChI=1S/C57H69N11O9S/c1-33(2)53(57(72)67-31-40(69)23-47(67)56(71)60-28-36-10-9-35(21-49(36)73-4)54-34(3)61-32-78-54)50-27-52(64-77-50)74-20-19-65-17-14-41(15-18-65)75-42-24-43(25-42)76-51-22-37(13-16-59-51)68-38-11-12-39(68)30-66(29-38)46-26-45(62-63-55(46)58)44-7-5-6-8-48(44)70/h5-10,13,16,21-22,26-27,32-33,38-43,47,53,69-70H,11-12,14-15,17-20,23-25,28-31H2,1-4H3,(H2,58,63)(H,60,71)/t38-,39?,40-,42?,43?,47+,53-/m1/s1. The molecule has 2 bridgehead atoms. The van der Waals surface area contributed by atoms with Crippen LogP contribution in [0.1, 0.15) is 81.7 Å². The molecular weight excluding hydrogens is 1010 g/mol. The second-order valence-electron chi connectivity index (χ2n) is 21.6. The number of hydrogen-bond acceptors (Lipinski definition) is 19. The van der Waals surface area contributed by atoms with Crippen LogP contribution in [-0.2, 0) is 20.9 Å². The molecule has 20 nitrogen and oxygen atoms in total. The lowest BCUT2D eigenvalue weighted by atomic mass is 9.91. The number of para-hydroxylation sites is 1. The number of β-amino-alcohol motifs (C(OH)–C–C–N with tert-alkyl or cyclic N) is 1. The van der Waals surface area contributed by atoms with Gasteiger partial charge in [-0.1, -0.05) is 38.1 Å². The average Bonchev–Trinajstić information content (AvgIpc) is 4.36. The zero-order valence-corrected chi connectivity index (χ0v) is 45.4. The minimum Gasteiger partial charge on any atom is -0.507 e. The van der Waals surface area contributed by atoms with Crippen molar-refractivity contribution in [3.8, 4) is 45.0 Å². The van der Waals surface area contributed by atoms with Gasteiger partial charge in [-0.2, -0.15) is 0 Å². The number of likely N-dealkylation sites (tertiary alicyclic amines) is 2. The molecule has 78 heavy (non-hydrogen) atoms. The number of aliphatic hydroxyl groups excluding tert-OH is 1. The summed E-state index contributed by atoms with van der Waals surface area (Å²) in [5.41, 5.74) is 14.1. The SMILES string of the molecule is COc1cc(-c2scnc2C)ccc1CNC(=O)[C@@H]1C[C@@H](O)CN1C(=O)[C@@H](c1cc(OCCN2CCC(OC3CC(Oc4cc(N5C6CC[C@@H]5CN(c5cc(-c7ccccc7O)nnc5N)C6)ccn4)C3)CC2)no1)C(C)C. The number of anilines is 3. The Bertz CT molecular complexity index is 3060. The molecule has 5 N–H and O–H groups in total. The van der Waals surface area contributed by atoms with Gasteiger partial charge in [-0.3, -0.25) is 14.5 Å². The molecule has 4 aromatic heterocycles. The van der Waals surface area contributed by atoms with E-state index in [0.29, 0.717) is 53.5 Å². The van der Waals surface area contributed by atoms with E-state index < -0.39 is 18.1 Å². The molecule has 21 heteroatoms. The maximum Gasteiger partial charge on any atom is 0.254 e. The molecule has 2 aromatic carbocycles. The normalized spacial score (nSPS) is 22.9. The van der Waals surface area contributed by atoms with E-state index in [9.17, 15) is 19.8 Å². The van der Waals surface area contributed by atoms with E-state index >= 15 is 0 Å². The second-order valence-corrected chi connectivity index (χ2v) is 22.5. The molecule has 5 aliphatic rings. The highest BCUT2D eigenvalue weighted by molar-refractivity contribution is 7.13. The minimum atomic E-state index is -0.859. The number of carbonyl (C=O) groups excluding carboxylic acids is 2. The van der Waals surface area contributed by atoms with E-state index in [2.05, 4.69) is 57.5 Å². The first-order valence-corrected chi connectivity index (χ1v) is 28.1. The van der Waals surface area contributed by atoms with Gasteiger partial charge >= 0.3 is 0 Å². The smallest absolute Gasteiger partial charge is 0.254 e. The summed E-state index contributed by atoms with van der Waals surface area (Å²) in [5.74, 6) is 0.852. The van der Waals surface area contributed by atoms with Gasteiger partial charge in [0.2, 0.25) is 17.7 Å². The number of fused-ring (bicyclic) bond motifs is 2. The first kappa shape index (κ1) is 53.0. The van der Waals surface area contributed by atoms with Crippen molar-refractivity contribution in [3.63, 3.8) is 0 Å². The van der Waals surface area contributed by atoms with Gasteiger partial charge in [-0.25, -0.2) is 9.97 Å². The van der Waals surface area contributed by atoms with Crippen LogP contribution in [0.3, 0.4) is 0 Å². The lowest BCUT2D eigenvalue weighted by Crippen LogP contribution is -2.54. The molecule has 2 amide bonds. The quantitative estimate of drug-likeness (QED) is 0.0668. The number of hydrogen-bond donors (Lipinski definition) is 4. The number of pyridine rings is 1. The number of piperazine rings is 1. The molecule has 5 fully saturated rings. The van der Waals surface area contributed by atoms with Crippen molar-refractivity contribution in [3.05, 3.63) is 95.5 Å². The van der Waals surface area contributed by atoms with Gasteiger partial charge in [0.05, 0.1) is 52.9 Å². The number of rotatable bonds is 19. The highest BCUT2D eigenvalue weighted by Gasteiger charge is 2.44. The number of nitrogens with one attached hydrogen (secondary N) is 1. The van der Waals surface area contributed by atoms with Gasteiger partial charge in [-0.15, -0.1) is 21.5 Å². The van der Waals surface area contributed by atoms with Gasteiger partial charge in [0.1, 0.15) is 36.2 Å². The Kier molecular flexibility index (Phi) is 15.7. The number of nitrogen functional groups attached to an aromatic ring is 1. The van der Waals surface area contributed by atoms with Crippen LogP contribution in [0, 0.1) is 12.8 Å². The minimum absolute atomic E-state index is 0.0339. The number of ether oxygens (including phenoxy) is 4. The number of methoxy groups -OCH3 is 1. The summed E-state index contributed by atoms with van der Waals surface area (Å²) >= 11 is 1.55. The van der Waals surface area contributed by atoms with Crippen molar-refractivity contribution < 1.29 is 43.3 Å². The fourth-order valence-corrected chi connectivity index (χ4v) is 12.7. The molecule has 4 saturated heterocycles. The number of carbonyl (C=O) groups is 2. The fourth-order valence-electron chi connectivity index (χ4n) is 11.9. The van der Waals surface area contributed by atoms with Crippen LogP contribution in [0.2, 0.25) is 0 Å². The summed E-state index contributed by atoms with van der Waals surface area (Å²) < 4.78 is 30.4. The van der Waals surface area contributed by atoms with Crippen LogP contribution in [0.15, 0.2) is 83.0 Å². The lowest BCUT2D eigenvalue weighted by molar-refractivity contribution is -0.141. The third-order valence-electron chi connectivity index (χ3n) is 16.1. The lowest BCUT2D eigenvalue weighted by Gasteiger charge is -2.43. The molecule has 6 aromatic rings. The van der Waals surface area contributed by atoms with Gasteiger partial charge in [-0.05, 0) is 79.6 Å². The van der Waals surface area contributed by atoms with Gasteiger partial charge in [0.15, 0.2) is 11.6 Å². The van der Waals surface area contributed by atoms with Crippen molar-refractivity contribution >= 4 is 40.3 Å². The number of phenolic OH excluding ortho intramolecular Hbond substituents is 1. The Morgan fingerprint density at radius 3 is 2.45 bits per heavy atom. The number of nitrogens with two attached hydrogens (primary N) is 1. The number of aromatic nitrogens is 5. The number of piperidine rings is 1. The zero-order valence-electron chi connectivity index (χ0n) is 44.6. The Morgan fingerprint density at radius 2 is 1.71 bits per heavy atom. The Balaban J connectivity index is 0.602. The van der Waals surface area contributed by atoms with Crippen LogP contribution in [0.5, 0.6) is 23.3 Å². The molecule has 412 valence electrons. The topological polar surface area (TPSA) is 240 Å². The van der Waals surface area contributed by atoms with E-state index in [-0.39, 0.29) is 73.4 Å². The Hall–Kier alpha value is -7.07. The molecule has 8 heterocycles. The summed E-state index contributed by atoms with van der Waals surface area (Å²) in [6.07, 6.45) is 7.15. The van der Waals surface area contributed by atoms with E-state index in [1.165, 1.54) is 4.90 Å². The molecule has 5 atom stereocenters. The van der Waals surface area contributed by atoms with Crippen molar-refractivity contribution in [2.45, 2.75) is 121 Å². The Labute approximate surface area is 457 Å². The summed E-state index contributed by atoms with van der Waals surface area (Å²) in [6, 6.07) is 20.4. The van der Waals surface area contributed by atoms with Crippen LogP contribution < -0.4 is 35.1 Å². The summed E-state index contributed by atoms with van der Waals surface area (Å²) in [4.78, 5) is 46.6. The van der Waals surface area contributed by atoms with Gasteiger partial charge in [0, 0.05) is 112 Å². The third kappa shape index (κ3) is 11.4. The van der Waals surface area contributed by atoms with Crippen molar-refractivity contribution in [1.29, 1.82) is 0 Å². The first-order chi connectivity index (χ1) is 37.8. The number of aliphatic hydroxyl groups is 1. The molecule has 0 radical (unpaired) electrons. The van der Waals surface area contributed by atoms with Crippen molar-refractivity contribution in [2.75, 3.05) is 68.5 Å². The maximum absolute atomic E-state index is 14.2. The van der Waals surface area contributed by atoms with Gasteiger partial charge in [0.25, 0.3) is 5.88 Å². The molecule has 1 saturated carbocycles. The number of phenols is 1. The number of aromatic hydroxyl groups is 1. The molecule has 11 rings (SSSR count). The predicted octanol–water partition coefficient (Wildman–Crippen LogP) is 6.60. The predicted molar refractivity (Wildman–Crippen MR) is 294 cm³/mol. The Morgan fingerprint density at radius 1 is 0.910 bits per heavy atom. The molecular formula is C57H69N11O9S. The number of nitrogens with zero attached hydrogens (tertiary/aromatic N) is 9. The second kappa shape index (κ2) is 23.1. The fraction of sp³-hybridized carbons (Fsp3) is 0.491. The zero-order chi connectivity index (χ0) is 54.0. The van der Waals surface area contributed by atoms with Crippen LogP contribution in [0.25, 0.3) is 21.7 Å². The van der Waals surface area contributed by atoms with Crippen LogP contribution in [0.4, 0.5) is 17.2 Å². The average molecular weight is 1080 g/mol. The van der Waals surface area contributed by atoms with E-state index in [1.54, 1.807) is 36.6 Å². The van der Waals surface area contributed by atoms with Crippen LogP contribution >= 0.6 is 11.3 Å². The van der Waals surface area contributed by atoms with E-state index in [4.69, 9.17) is 29.2 Å². The number of benzene rings is 2. The van der Waals surface area contributed by atoms with E-state index in [0.717, 1.165) is 97.8 Å². The number of thiazole rings is 1. The summed E-state index contributed by atoms with van der Waals surface area (Å²) in [5, 5.41) is 36.9. The molecule has 0 spiro atoms. The van der Waals surface area contributed by atoms with E-state index in [1.807, 2.05) is 68.9 Å².